The van der Waals surface area contributed by atoms with Gasteiger partial charge in [-0.05, 0) is 30.9 Å². The summed E-state index contributed by atoms with van der Waals surface area (Å²) in [7, 11) is 1.81. The fourth-order valence-electron chi connectivity index (χ4n) is 2.93. The summed E-state index contributed by atoms with van der Waals surface area (Å²) in [5.74, 6) is 3.47. The van der Waals surface area contributed by atoms with Crippen molar-refractivity contribution in [1.29, 1.82) is 0 Å². The molecule has 0 radical (unpaired) electrons. The monoisotopic (exact) mass is 498 g/mol. The van der Waals surface area contributed by atoms with Crippen LogP contribution in [-0.4, -0.2) is 34.1 Å². The highest BCUT2D eigenvalue weighted by Crippen LogP contribution is 2.09. The number of aromatic nitrogens is 3. The Hall–Kier alpha value is -1.64. The lowest BCUT2D eigenvalue weighted by Gasteiger charge is -2.12. The average Bonchev–Trinajstić information content (AvgIpc) is 3.09. The van der Waals surface area contributed by atoms with Gasteiger partial charge in [-0.25, -0.2) is 9.97 Å². The molecule has 0 atom stereocenters. The van der Waals surface area contributed by atoms with Gasteiger partial charge in [0.15, 0.2) is 5.96 Å². The maximum absolute atomic E-state index is 4.52. The summed E-state index contributed by atoms with van der Waals surface area (Å²) in [6.45, 7) is 8.21. The molecular formula is C21H35IN6. The van der Waals surface area contributed by atoms with Crippen molar-refractivity contribution in [2.75, 3.05) is 13.6 Å². The maximum Gasteiger partial charge on any atom is 0.191 e. The molecule has 0 aliphatic heterocycles. The second-order valence-corrected chi connectivity index (χ2v) is 7.32. The predicted octanol–water partition coefficient (Wildman–Crippen LogP) is 4.47. The first-order valence-corrected chi connectivity index (χ1v) is 10.00. The molecule has 0 amide bonds. The topological polar surface area (TPSA) is 67.1 Å². The van der Waals surface area contributed by atoms with Gasteiger partial charge in [0.1, 0.15) is 11.6 Å². The van der Waals surface area contributed by atoms with Crippen LogP contribution in [-0.2, 0) is 6.54 Å². The normalized spacial score (nSPS) is 11.4. The Balaban J connectivity index is 0.00000392. The SMILES string of the molecule is CN=C(NCCCCCCC(C)C)NCc1ccc(-n2ccnc2C)nc1.I. The fraction of sp³-hybridized carbons (Fsp3) is 0.571. The Labute approximate surface area is 186 Å². The zero-order valence-electron chi connectivity index (χ0n) is 17.6. The van der Waals surface area contributed by atoms with Crippen LogP contribution in [0.1, 0.15) is 57.3 Å². The van der Waals surface area contributed by atoms with Gasteiger partial charge in [0.05, 0.1) is 0 Å². The fourth-order valence-corrected chi connectivity index (χ4v) is 2.93. The van der Waals surface area contributed by atoms with Gasteiger partial charge < -0.3 is 10.6 Å². The highest BCUT2D eigenvalue weighted by Gasteiger charge is 2.03. The van der Waals surface area contributed by atoms with E-state index in [4.69, 9.17) is 0 Å². The molecule has 7 heteroatoms. The number of nitrogens with zero attached hydrogens (tertiary/aromatic N) is 4. The predicted molar refractivity (Wildman–Crippen MR) is 128 cm³/mol. The molecule has 156 valence electrons. The van der Waals surface area contributed by atoms with Gasteiger partial charge >= 0.3 is 0 Å². The molecule has 0 saturated carbocycles. The number of unbranched alkanes of at least 4 members (excludes halogenated alkanes) is 3. The number of imidazole rings is 1. The van der Waals surface area contributed by atoms with E-state index < -0.39 is 0 Å². The summed E-state index contributed by atoms with van der Waals surface area (Å²) < 4.78 is 1.97. The molecule has 0 aliphatic rings. The van der Waals surface area contributed by atoms with Crippen LogP contribution in [0.5, 0.6) is 0 Å². The van der Waals surface area contributed by atoms with Crippen LogP contribution in [0.2, 0.25) is 0 Å². The van der Waals surface area contributed by atoms with E-state index in [1.807, 2.05) is 30.0 Å². The zero-order valence-corrected chi connectivity index (χ0v) is 19.9. The van der Waals surface area contributed by atoms with E-state index in [1.54, 1.807) is 13.2 Å². The Morgan fingerprint density at radius 2 is 1.89 bits per heavy atom. The summed E-state index contributed by atoms with van der Waals surface area (Å²) >= 11 is 0. The molecule has 28 heavy (non-hydrogen) atoms. The molecule has 6 nitrogen and oxygen atoms in total. The summed E-state index contributed by atoms with van der Waals surface area (Å²) in [4.78, 5) is 13.0. The van der Waals surface area contributed by atoms with Crippen molar-refractivity contribution >= 4 is 29.9 Å². The molecule has 2 aromatic heterocycles. The molecule has 2 aromatic rings. The van der Waals surface area contributed by atoms with E-state index in [2.05, 4.69) is 45.5 Å². The van der Waals surface area contributed by atoms with Gasteiger partial charge in [-0.2, -0.15) is 0 Å². The van der Waals surface area contributed by atoms with Crippen molar-refractivity contribution in [2.24, 2.45) is 10.9 Å². The van der Waals surface area contributed by atoms with Crippen LogP contribution in [0, 0.1) is 12.8 Å². The van der Waals surface area contributed by atoms with Crippen LogP contribution in [0.3, 0.4) is 0 Å². The minimum Gasteiger partial charge on any atom is -0.356 e. The second kappa shape index (κ2) is 13.5. The van der Waals surface area contributed by atoms with Crippen molar-refractivity contribution in [1.82, 2.24) is 25.2 Å². The Morgan fingerprint density at radius 3 is 2.50 bits per heavy atom. The van der Waals surface area contributed by atoms with E-state index in [1.165, 1.54) is 32.1 Å². The third-order valence-corrected chi connectivity index (χ3v) is 4.57. The Bertz CT molecular complexity index is 693. The highest BCUT2D eigenvalue weighted by molar-refractivity contribution is 14.0. The molecule has 2 rings (SSSR count). The lowest BCUT2D eigenvalue weighted by molar-refractivity contribution is 0.518. The van der Waals surface area contributed by atoms with Gasteiger partial charge in [0.2, 0.25) is 0 Å². The van der Waals surface area contributed by atoms with Gasteiger partial charge in [-0.3, -0.25) is 9.56 Å². The quantitative estimate of drug-likeness (QED) is 0.220. The zero-order chi connectivity index (χ0) is 19.5. The van der Waals surface area contributed by atoms with E-state index in [9.17, 15) is 0 Å². The number of guanidine groups is 1. The number of hydrogen-bond acceptors (Lipinski definition) is 3. The highest BCUT2D eigenvalue weighted by atomic mass is 127. The van der Waals surface area contributed by atoms with Crippen molar-refractivity contribution in [3.63, 3.8) is 0 Å². The molecule has 0 saturated heterocycles. The first-order valence-electron chi connectivity index (χ1n) is 10.00. The van der Waals surface area contributed by atoms with E-state index in [-0.39, 0.29) is 24.0 Å². The minimum atomic E-state index is 0. The first kappa shape index (κ1) is 24.4. The third-order valence-electron chi connectivity index (χ3n) is 4.57. The van der Waals surface area contributed by atoms with Crippen molar-refractivity contribution in [3.8, 4) is 5.82 Å². The summed E-state index contributed by atoms with van der Waals surface area (Å²) in [5, 5.41) is 6.73. The largest absolute Gasteiger partial charge is 0.356 e. The number of pyridine rings is 1. The number of aryl methyl sites for hydroxylation is 1. The molecule has 2 heterocycles. The molecule has 0 aliphatic carbocycles. The number of halogens is 1. The summed E-state index contributed by atoms with van der Waals surface area (Å²) in [6, 6.07) is 4.09. The van der Waals surface area contributed by atoms with Crippen LogP contribution in [0.25, 0.3) is 5.82 Å². The van der Waals surface area contributed by atoms with Gasteiger partial charge in [-0.15, -0.1) is 24.0 Å². The number of rotatable bonds is 10. The molecule has 0 fully saturated rings. The van der Waals surface area contributed by atoms with Crippen LogP contribution < -0.4 is 10.6 Å². The van der Waals surface area contributed by atoms with E-state index >= 15 is 0 Å². The maximum atomic E-state index is 4.52. The standard InChI is InChI=1S/C21H34N6.HI/c1-17(2)9-7-5-6-8-12-24-21(22-4)26-16-19-10-11-20(25-15-19)27-14-13-23-18(27)3;/h10-11,13-15,17H,5-9,12,16H2,1-4H3,(H2,22,24,26);1H. The van der Waals surface area contributed by atoms with E-state index in [0.29, 0.717) is 6.54 Å². The second-order valence-electron chi connectivity index (χ2n) is 7.32. The number of aliphatic imine (C=N–C) groups is 1. The lowest BCUT2D eigenvalue weighted by atomic mass is 10.0. The van der Waals surface area contributed by atoms with Gasteiger partial charge in [0, 0.05) is 38.7 Å². The van der Waals surface area contributed by atoms with Gasteiger partial charge in [-0.1, -0.05) is 45.6 Å². The first-order chi connectivity index (χ1) is 13.1. The molecular weight excluding hydrogens is 463 g/mol. The molecule has 2 N–H and O–H groups in total. The minimum absolute atomic E-state index is 0. The van der Waals surface area contributed by atoms with Crippen molar-refractivity contribution in [3.05, 3.63) is 42.1 Å². The van der Waals surface area contributed by atoms with Crippen molar-refractivity contribution in [2.45, 2.75) is 59.4 Å². The summed E-state index contributed by atoms with van der Waals surface area (Å²) in [6.07, 6.45) is 12.0. The Morgan fingerprint density at radius 1 is 1.11 bits per heavy atom. The van der Waals surface area contributed by atoms with Crippen LogP contribution >= 0.6 is 24.0 Å². The number of hydrogen-bond donors (Lipinski definition) is 2. The lowest BCUT2D eigenvalue weighted by Crippen LogP contribution is -2.37. The number of nitrogens with one attached hydrogen (secondary N) is 2. The van der Waals surface area contributed by atoms with Crippen LogP contribution in [0.4, 0.5) is 0 Å². The average molecular weight is 498 g/mol. The van der Waals surface area contributed by atoms with Crippen LogP contribution in [0.15, 0.2) is 35.7 Å². The smallest absolute Gasteiger partial charge is 0.191 e. The molecule has 0 unspecified atom stereocenters. The Kier molecular flexibility index (Phi) is 11.8. The van der Waals surface area contributed by atoms with Crippen molar-refractivity contribution < 1.29 is 0 Å². The molecule has 0 bridgehead atoms. The molecule has 0 spiro atoms. The van der Waals surface area contributed by atoms with E-state index in [0.717, 1.165) is 35.6 Å². The third kappa shape index (κ3) is 8.58. The molecule has 0 aromatic carbocycles. The van der Waals surface area contributed by atoms with Gasteiger partial charge in [0.25, 0.3) is 0 Å². The summed E-state index contributed by atoms with van der Waals surface area (Å²) in [5.41, 5.74) is 1.12.